The molecule has 2 nitrogen and oxygen atoms in total. The molecule has 0 bridgehead atoms. The normalized spacial score (nSPS) is 31.4. The number of nitrogens with zero attached hydrogens (tertiary/aromatic N) is 1. The summed E-state index contributed by atoms with van der Waals surface area (Å²) in [6.45, 7) is 4.35. The Balaban J connectivity index is 2.49. The maximum atomic E-state index is 12.2. The minimum absolute atomic E-state index is 0.0556. The molecular weight excluding hydrogens is 212 g/mol. The van der Waals surface area contributed by atoms with Gasteiger partial charge in [-0.15, -0.1) is 0 Å². The van der Waals surface area contributed by atoms with Crippen LogP contribution in [0.3, 0.4) is 0 Å². The highest BCUT2D eigenvalue weighted by Gasteiger charge is 2.33. The van der Waals surface area contributed by atoms with Gasteiger partial charge >= 0.3 is 0 Å². The number of Topliss-reactive ketones (excluding diaryl/α,β-unsaturated/α-hetero) is 1. The van der Waals surface area contributed by atoms with Gasteiger partial charge in [0, 0.05) is 18.9 Å². The first-order chi connectivity index (χ1) is 7.40. The molecule has 0 aromatic heterocycles. The van der Waals surface area contributed by atoms with Crippen molar-refractivity contribution in [2.45, 2.75) is 33.1 Å². The van der Waals surface area contributed by atoms with Gasteiger partial charge in [-0.2, -0.15) is 0 Å². The monoisotopic (exact) mass is 233 g/mol. The first-order valence-electron chi connectivity index (χ1n) is 5.89. The summed E-state index contributed by atoms with van der Waals surface area (Å²) in [6, 6.07) is 0. The van der Waals surface area contributed by atoms with E-state index in [1.54, 1.807) is 11.9 Å². The maximum absolute atomic E-state index is 12.2. The van der Waals surface area contributed by atoms with E-state index in [0.717, 1.165) is 6.42 Å². The third kappa shape index (κ3) is 3.81. The van der Waals surface area contributed by atoms with E-state index in [9.17, 15) is 13.6 Å². The highest BCUT2D eigenvalue weighted by atomic mass is 19.3. The van der Waals surface area contributed by atoms with Gasteiger partial charge in [-0.25, -0.2) is 8.78 Å². The van der Waals surface area contributed by atoms with Gasteiger partial charge < -0.3 is 4.90 Å². The molecule has 1 aliphatic carbocycles. The van der Waals surface area contributed by atoms with Crippen molar-refractivity contribution in [3.63, 3.8) is 0 Å². The third-order valence-corrected chi connectivity index (χ3v) is 3.38. The lowest BCUT2D eigenvalue weighted by atomic mass is 9.74. The predicted octanol–water partition coefficient (Wildman–Crippen LogP) is 2.43. The Kier molecular flexibility index (Phi) is 4.84. The molecule has 0 spiro atoms. The van der Waals surface area contributed by atoms with Crippen molar-refractivity contribution in [3.8, 4) is 0 Å². The van der Waals surface area contributed by atoms with Crippen LogP contribution in [0.2, 0.25) is 0 Å². The van der Waals surface area contributed by atoms with E-state index in [2.05, 4.69) is 13.8 Å². The van der Waals surface area contributed by atoms with E-state index in [4.69, 9.17) is 0 Å². The van der Waals surface area contributed by atoms with Crippen LogP contribution in [0.25, 0.3) is 0 Å². The van der Waals surface area contributed by atoms with Gasteiger partial charge in [-0.05, 0) is 25.3 Å². The number of carbonyl (C=O) groups excluding carboxylic acids is 1. The molecule has 1 saturated carbocycles. The zero-order valence-corrected chi connectivity index (χ0v) is 10.2. The summed E-state index contributed by atoms with van der Waals surface area (Å²) in [5.41, 5.74) is 0. The van der Waals surface area contributed by atoms with Crippen LogP contribution in [0.4, 0.5) is 8.78 Å². The first-order valence-corrected chi connectivity index (χ1v) is 5.89. The van der Waals surface area contributed by atoms with E-state index in [1.165, 1.54) is 0 Å². The van der Waals surface area contributed by atoms with Gasteiger partial charge in [0.1, 0.15) is 5.78 Å². The molecule has 0 N–H and O–H groups in total. The molecular formula is C12H21F2NO. The molecule has 0 saturated heterocycles. The molecule has 0 radical (unpaired) electrons. The first kappa shape index (κ1) is 13.6. The van der Waals surface area contributed by atoms with Crippen LogP contribution in [0, 0.1) is 17.8 Å². The van der Waals surface area contributed by atoms with Gasteiger partial charge in [-0.3, -0.25) is 4.79 Å². The molecule has 0 heterocycles. The summed E-state index contributed by atoms with van der Waals surface area (Å²) >= 11 is 0. The van der Waals surface area contributed by atoms with Gasteiger partial charge in [0.25, 0.3) is 6.43 Å². The summed E-state index contributed by atoms with van der Waals surface area (Å²) in [6.07, 6.45) is -0.686. The minimum Gasteiger partial charge on any atom is -0.300 e. The summed E-state index contributed by atoms with van der Waals surface area (Å²) in [4.78, 5) is 13.4. The molecule has 4 heteroatoms. The Labute approximate surface area is 96.0 Å². The second-order valence-electron chi connectivity index (χ2n) is 5.21. The summed E-state index contributed by atoms with van der Waals surface area (Å²) in [7, 11) is 1.66. The Morgan fingerprint density at radius 1 is 1.44 bits per heavy atom. The zero-order valence-electron chi connectivity index (χ0n) is 10.2. The molecule has 3 unspecified atom stereocenters. The van der Waals surface area contributed by atoms with Crippen molar-refractivity contribution < 1.29 is 13.6 Å². The van der Waals surface area contributed by atoms with Crippen LogP contribution in [0.5, 0.6) is 0 Å². The van der Waals surface area contributed by atoms with Crippen LogP contribution in [0.15, 0.2) is 0 Å². The van der Waals surface area contributed by atoms with Crippen LogP contribution in [0.1, 0.15) is 26.7 Å². The van der Waals surface area contributed by atoms with Gasteiger partial charge in [0.15, 0.2) is 0 Å². The molecule has 1 rings (SSSR count). The van der Waals surface area contributed by atoms with E-state index in [-0.39, 0.29) is 18.2 Å². The van der Waals surface area contributed by atoms with Gasteiger partial charge in [0.2, 0.25) is 0 Å². The van der Waals surface area contributed by atoms with Gasteiger partial charge in [-0.1, -0.05) is 13.8 Å². The predicted molar refractivity (Wildman–Crippen MR) is 59.6 cm³/mol. The molecule has 0 aromatic rings. The highest BCUT2D eigenvalue weighted by molar-refractivity contribution is 5.82. The number of hydrogen-bond donors (Lipinski definition) is 0. The zero-order chi connectivity index (χ0) is 12.3. The van der Waals surface area contributed by atoms with E-state index in [0.29, 0.717) is 24.8 Å². The van der Waals surface area contributed by atoms with E-state index < -0.39 is 6.43 Å². The van der Waals surface area contributed by atoms with Crippen LogP contribution >= 0.6 is 0 Å². The lowest BCUT2D eigenvalue weighted by Gasteiger charge is -2.33. The summed E-state index contributed by atoms with van der Waals surface area (Å²) in [5.74, 6) is 0.947. The topological polar surface area (TPSA) is 20.3 Å². The third-order valence-electron chi connectivity index (χ3n) is 3.38. The number of halogens is 2. The highest BCUT2D eigenvalue weighted by Crippen LogP contribution is 2.31. The SMILES string of the molecule is CC1CC(=O)C(CN(C)CC(F)F)C(C)C1. The Hall–Kier alpha value is -0.510. The Morgan fingerprint density at radius 2 is 2.06 bits per heavy atom. The molecule has 1 aliphatic rings. The van der Waals surface area contributed by atoms with Crippen molar-refractivity contribution in [1.29, 1.82) is 0 Å². The van der Waals surface area contributed by atoms with Crippen LogP contribution < -0.4 is 0 Å². The fourth-order valence-corrected chi connectivity index (χ4v) is 2.62. The van der Waals surface area contributed by atoms with Crippen molar-refractivity contribution in [3.05, 3.63) is 0 Å². The quantitative estimate of drug-likeness (QED) is 0.743. The lowest BCUT2D eigenvalue weighted by molar-refractivity contribution is -0.128. The summed E-state index contributed by atoms with van der Waals surface area (Å²) in [5, 5.41) is 0. The maximum Gasteiger partial charge on any atom is 0.251 e. The second-order valence-corrected chi connectivity index (χ2v) is 5.21. The van der Waals surface area contributed by atoms with Crippen LogP contribution in [-0.2, 0) is 4.79 Å². The number of carbonyl (C=O) groups is 1. The number of alkyl halides is 2. The number of hydrogen-bond acceptors (Lipinski definition) is 2. The lowest BCUT2D eigenvalue weighted by Crippen LogP contribution is -2.40. The van der Waals surface area contributed by atoms with Gasteiger partial charge in [0.05, 0.1) is 6.54 Å². The summed E-state index contributed by atoms with van der Waals surface area (Å²) < 4.78 is 24.3. The molecule has 3 atom stereocenters. The largest absolute Gasteiger partial charge is 0.300 e. The molecule has 0 aliphatic heterocycles. The molecule has 16 heavy (non-hydrogen) atoms. The minimum atomic E-state index is -2.32. The number of ketones is 1. The van der Waals surface area contributed by atoms with Crippen molar-refractivity contribution in [2.24, 2.45) is 17.8 Å². The molecule has 94 valence electrons. The fraction of sp³-hybridized carbons (Fsp3) is 0.917. The fourth-order valence-electron chi connectivity index (χ4n) is 2.62. The van der Waals surface area contributed by atoms with Crippen molar-refractivity contribution in [1.82, 2.24) is 4.90 Å². The van der Waals surface area contributed by atoms with E-state index >= 15 is 0 Å². The molecule has 0 aromatic carbocycles. The molecule has 0 amide bonds. The Bertz CT molecular complexity index is 245. The molecule has 1 fully saturated rings. The average Bonchev–Trinajstić information content (AvgIpc) is 2.09. The van der Waals surface area contributed by atoms with Crippen LogP contribution in [-0.4, -0.2) is 37.2 Å². The standard InChI is InChI=1S/C12H21F2NO/c1-8-4-9(2)10(11(16)5-8)6-15(3)7-12(13)14/h8-10,12H,4-7H2,1-3H3. The Morgan fingerprint density at radius 3 is 2.56 bits per heavy atom. The van der Waals surface area contributed by atoms with E-state index in [1.807, 2.05) is 0 Å². The van der Waals surface area contributed by atoms with Crippen molar-refractivity contribution in [2.75, 3.05) is 20.1 Å². The average molecular weight is 233 g/mol. The second kappa shape index (κ2) is 5.71. The van der Waals surface area contributed by atoms with Crippen molar-refractivity contribution >= 4 is 5.78 Å². The number of rotatable bonds is 4. The smallest absolute Gasteiger partial charge is 0.251 e.